The van der Waals surface area contributed by atoms with Crippen molar-refractivity contribution in [2.75, 3.05) is 13.7 Å². The number of carbonyl (C=O) groups excluding carboxylic acids is 1. The number of nitriles is 1. The highest BCUT2D eigenvalue weighted by molar-refractivity contribution is 8.78. The Kier molecular flexibility index (Phi) is 9.52. The number of ether oxygens (including phenoxy) is 1. The number of carbonyl (C=O) groups is 1. The van der Waals surface area contributed by atoms with Gasteiger partial charge in [0, 0.05) is 16.8 Å². The first-order valence-corrected chi connectivity index (χ1v) is 11.7. The standard InChI is InChI=1S/C16H29N2O4PS2/c1-11(2)18(12(3)4)23(21-10-8-9-17)22-14-13(15(19)20-7)24-25-16(14,5)6/h11-14H,8,10H2,1-7H3/t13-,14-,23?/m1/s1. The lowest BCUT2D eigenvalue weighted by Crippen LogP contribution is -2.43. The summed E-state index contributed by atoms with van der Waals surface area (Å²) in [5.74, 6) is -0.277. The van der Waals surface area contributed by atoms with Crippen molar-refractivity contribution in [3.05, 3.63) is 0 Å². The first kappa shape index (κ1) is 23.0. The predicted molar refractivity (Wildman–Crippen MR) is 105 cm³/mol. The molecule has 6 nitrogen and oxygen atoms in total. The van der Waals surface area contributed by atoms with Crippen LogP contribution in [0.4, 0.5) is 0 Å². The molecule has 1 unspecified atom stereocenters. The van der Waals surface area contributed by atoms with Crippen LogP contribution in [0.5, 0.6) is 0 Å². The Bertz CT molecular complexity index is 477. The van der Waals surface area contributed by atoms with Gasteiger partial charge in [-0.1, -0.05) is 21.6 Å². The van der Waals surface area contributed by atoms with Crippen molar-refractivity contribution >= 4 is 36.1 Å². The molecule has 0 bridgehead atoms. The summed E-state index contributed by atoms with van der Waals surface area (Å²) in [4.78, 5) is 12.2. The topological polar surface area (TPSA) is 71.8 Å². The Labute approximate surface area is 160 Å². The molecule has 0 radical (unpaired) electrons. The van der Waals surface area contributed by atoms with Gasteiger partial charge in [0.2, 0.25) is 0 Å². The van der Waals surface area contributed by atoms with Crippen LogP contribution in [-0.4, -0.2) is 52.5 Å². The minimum atomic E-state index is -1.39. The van der Waals surface area contributed by atoms with Gasteiger partial charge in [-0.25, -0.2) is 4.67 Å². The van der Waals surface area contributed by atoms with E-state index in [-0.39, 0.29) is 28.9 Å². The van der Waals surface area contributed by atoms with E-state index in [9.17, 15) is 4.79 Å². The largest absolute Gasteiger partial charge is 0.468 e. The van der Waals surface area contributed by atoms with Gasteiger partial charge >= 0.3 is 5.97 Å². The molecular formula is C16H29N2O4PS2. The van der Waals surface area contributed by atoms with Crippen LogP contribution >= 0.6 is 30.1 Å². The predicted octanol–water partition coefficient (Wildman–Crippen LogP) is 4.36. The van der Waals surface area contributed by atoms with Gasteiger partial charge in [-0.3, -0.25) is 4.79 Å². The summed E-state index contributed by atoms with van der Waals surface area (Å²) in [6, 6.07) is 2.53. The van der Waals surface area contributed by atoms with E-state index < -0.39 is 13.8 Å². The normalized spacial score (nSPS) is 23.9. The van der Waals surface area contributed by atoms with Crippen LogP contribution in [-0.2, 0) is 18.6 Å². The lowest BCUT2D eigenvalue weighted by molar-refractivity contribution is -0.141. The zero-order valence-corrected chi connectivity index (χ0v) is 18.5. The van der Waals surface area contributed by atoms with E-state index >= 15 is 0 Å². The molecule has 0 aromatic heterocycles. The maximum Gasteiger partial charge on any atom is 0.322 e. The minimum absolute atomic E-state index is 0.217. The first-order chi connectivity index (χ1) is 11.7. The van der Waals surface area contributed by atoms with Crippen LogP contribution in [0, 0.1) is 11.3 Å². The molecule has 1 aliphatic rings. The summed E-state index contributed by atoms with van der Waals surface area (Å²) in [6.07, 6.45) is -0.0207. The van der Waals surface area contributed by atoms with E-state index in [0.29, 0.717) is 13.0 Å². The van der Waals surface area contributed by atoms with Crippen LogP contribution in [0.15, 0.2) is 0 Å². The third kappa shape index (κ3) is 6.27. The van der Waals surface area contributed by atoms with Crippen LogP contribution in [0.3, 0.4) is 0 Å². The van der Waals surface area contributed by atoms with Gasteiger partial charge in [0.15, 0.2) is 0 Å². The summed E-state index contributed by atoms with van der Waals surface area (Å²) in [7, 11) is 3.13. The van der Waals surface area contributed by atoms with Crippen molar-refractivity contribution in [1.29, 1.82) is 5.26 Å². The van der Waals surface area contributed by atoms with Crippen LogP contribution in [0.1, 0.15) is 48.0 Å². The van der Waals surface area contributed by atoms with Gasteiger partial charge in [-0.2, -0.15) is 5.26 Å². The number of nitrogens with zero attached hydrogens (tertiary/aromatic N) is 2. The molecule has 3 atom stereocenters. The molecule has 9 heteroatoms. The molecule has 0 spiro atoms. The number of hydrogen-bond acceptors (Lipinski definition) is 8. The van der Waals surface area contributed by atoms with Crippen molar-refractivity contribution in [3.8, 4) is 6.07 Å². The second-order valence-corrected chi connectivity index (χ2v) is 11.2. The molecule has 0 aromatic rings. The highest BCUT2D eigenvalue weighted by atomic mass is 33.1. The third-order valence-electron chi connectivity index (χ3n) is 3.63. The average Bonchev–Trinajstić information content (AvgIpc) is 2.81. The van der Waals surface area contributed by atoms with Gasteiger partial charge in [-0.05, 0) is 41.5 Å². The Morgan fingerprint density at radius 2 is 1.92 bits per heavy atom. The maximum absolute atomic E-state index is 12.2. The number of rotatable bonds is 9. The fraction of sp³-hybridized carbons (Fsp3) is 0.875. The van der Waals surface area contributed by atoms with E-state index in [4.69, 9.17) is 19.0 Å². The molecule has 1 aliphatic heterocycles. The first-order valence-electron chi connectivity index (χ1n) is 8.33. The van der Waals surface area contributed by atoms with E-state index in [1.807, 2.05) is 0 Å². The van der Waals surface area contributed by atoms with Gasteiger partial charge in [0.1, 0.15) is 11.4 Å². The molecule has 1 heterocycles. The molecule has 0 aromatic carbocycles. The quantitative estimate of drug-likeness (QED) is 0.241. The van der Waals surface area contributed by atoms with Gasteiger partial charge < -0.3 is 13.8 Å². The van der Waals surface area contributed by atoms with Crippen LogP contribution in [0.25, 0.3) is 0 Å². The molecule has 0 amide bonds. The fourth-order valence-corrected chi connectivity index (χ4v) is 7.80. The Morgan fingerprint density at radius 3 is 2.40 bits per heavy atom. The molecule has 0 saturated carbocycles. The van der Waals surface area contributed by atoms with Crippen LogP contribution in [0.2, 0.25) is 0 Å². The van der Waals surface area contributed by atoms with Crippen LogP contribution < -0.4 is 0 Å². The van der Waals surface area contributed by atoms with Gasteiger partial charge in [0.25, 0.3) is 8.53 Å². The molecule has 1 fully saturated rings. The third-order valence-corrected chi connectivity index (χ3v) is 9.34. The lowest BCUT2D eigenvalue weighted by atomic mass is 10.0. The number of methoxy groups -OCH3 is 1. The minimum Gasteiger partial charge on any atom is -0.468 e. The molecule has 25 heavy (non-hydrogen) atoms. The molecule has 0 aliphatic carbocycles. The summed E-state index contributed by atoms with van der Waals surface area (Å²) in [5, 5.41) is 8.41. The zero-order chi connectivity index (χ0) is 19.2. The smallest absolute Gasteiger partial charge is 0.322 e. The van der Waals surface area contributed by atoms with E-state index in [0.717, 1.165) is 0 Å². The van der Waals surface area contributed by atoms with Crippen molar-refractivity contribution in [3.63, 3.8) is 0 Å². The summed E-state index contributed by atoms with van der Waals surface area (Å²) in [5.41, 5.74) is 0. The summed E-state index contributed by atoms with van der Waals surface area (Å²) in [6.45, 7) is 12.8. The Morgan fingerprint density at radius 1 is 1.32 bits per heavy atom. The SMILES string of the molecule is COC(=O)[C@@H]1SSC(C)(C)[C@@H]1OP(OCCC#N)N(C(C)C)C(C)C. The van der Waals surface area contributed by atoms with Gasteiger partial charge in [-0.15, -0.1) is 0 Å². The highest BCUT2D eigenvalue weighted by Crippen LogP contribution is 2.58. The van der Waals surface area contributed by atoms with E-state index in [1.54, 1.807) is 10.8 Å². The molecule has 1 rings (SSSR count). The Balaban J connectivity index is 3.03. The molecule has 0 N–H and O–H groups in total. The van der Waals surface area contributed by atoms with Crippen molar-refractivity contribution in [2.24, 2.45) is 0 Å². The Hall–Kier alpha value is -0.0300. The van der Waals surface area contributed by atoms with E-state index in [1.165, 1.54) is 17.9 Å². The molecular weight excluding hydrogens is 379 g/mol. The lowest BCUT2D eigenvalue weighted by Gasteiger charge is -2.39. The average molecular weight is 409 g/mol. The molecule has 1 saturated heterocycles. The van der Waals surface area contributed by atoms with E-state index in [2.05, 4.69) is 52.3 Å². The van der Waals surface area contributed by atoms with Crippen molar-refractivity contribution in [2.45, 2.75) is 76.1 Å². The summed E-state index contributed by atoms with van der Waals surface area (Å²) >= 11 is 0. The molecule has 144 valence electrons. The fourth-order valence-electron chi connectivity index (χ4n) is 2.49. The number of hydrogen-bond donors (Lipinski definition) is 0. The highest BCUT2D eigenvalue weighted by Gasteiger charge is 2.51. The van der Waals surface area contributed by atoms with Gasteiger partial charge in [0.05, 0.1) is 26.2 Å². The summed E-state index contributed by atoms with van der Waals surface area (Å²) < 4.78 is 19.2. The second kappa shape index (κ2) is 10.3. The monoisotopic (exact) mass is 408 g/mol. The maximum atomic E-state index is 12.2. The second-order valence-electron chi connectivity index (χ2n) is 6.80. The number of esters is 1. The van der Waals surface area contributed by atoms with Crippen molar-refractivity contribution < 1.29 is 18.6 Å². The zero-order valence-electron chi connectivity index (χ0n) is 16.0. The van der Waals surface area contributed by atoms with Crippen molar-refractivity contribution in [1.82, 2.24) is 4.67 Å².